The van der Waals surface area contributed by atoms with Crippen molar-refractivity contribution in [3.8, 4) is 0 Å². The minimum Gasteiger partial charge on any atom is -0.394 e. The molecule has 1 aliphatic carbocycles. The zero-order valence-corrected chi connectivity index (χ0v) is 9.92. The zero-order chi connectivity index (χ0) is 11.5. The van der Waals surface area contributed by atoms with Gasteiger partial charge in [-0.3, -0.25) is 4.79 Å². The van der Waals surface area contributed by atoms with E-state index in [-0.39, 0.29) is 24.0 Å². The number of rotatable bonds is 3. The molecule has 15 heavy (non-hydrogen) atoms. The summed E-state index contributed by atoms with van der Waals surface area (Å²) < 4.78 is 0. The first kappa shape index (κ1) is 12.5. The number of nitrogens with zero attached hydrogens (tertiary/aromatic N) is 1. The SMILES string of the molecule is CNC(=O)C1CCC(CO)(N(C)C)CC1. The Morgan fingerprint density at radius 2 is 2.00 bits per heavy atom. The highest BCUT2D eigenvalue weighted by Gasteiger charge is 2.38. The third-order valence-electron chi connectivity index (χ3n) is 3.78. The molecule has 1 fully saturated rings. The van der Waals surface area contributed by atoms with Crippen molar-refractivity contribution in [3.63, 3.8) is 0 Å². The van der Waals surface area contributed by atoms with Crippen LogP contribution in [0, 0.1) is 5.92 Å². The Bertz CT molecular complexity index is 221. The van der Waals surface area contributed by atoms with Crippen LogP contribution in [-0.4, -0.2) is 49.2 Å². The Balaban J connectivity index is 2.57. The summed E-state index contributed by atoms with van der Waals surface area (Å²) in [5, 5.41) is 12.1. The maximum Gasteiger partial charge on any atom is 0.222 e. The predicted octanol–water partition coefficient (Wildman–Crippen LogP) is 0.215. The molecule has 1 saturated carbocycles. The lowest BCUT2D eigenvalue weighted by Gasteiger charge is -2.43. The van der Waals surface area contributed by atoms with Gasteiger partial charge in [0.05, 0.1) is 6.61 Å². The molecule has 0 bridgehead atoms. The Kier molecular flexibility index (Phi) is 4.11. The molecule has 0 aromatic heterocycles. The van der Waals surface area contributed by atoms with Gasteiger partial charge in [0.1, 0.15) is 0 Å². The summed E-state index contributed by atoms with van der Waals surface area (Å²) in [6.07, 6.45) is 3.54. The maximum absolute atomic E-state index is 11.4. The van der Waals surface area contributed by atoms with E-state index in [0.717, 1.165) is 25.7 Å². The van der Waals surface area contributed by atoms with Gasteiger partial charge in [0.2, 0.25) is 5.91 Å². The molecular weight excluding hydrogens is 192 g/mol. The van der Waals surface area contributed by atoms with Crippen LogP contribution in [0.2, 0.25) is 0 Å². The lowest BCUT2D eigenvalue weighted by Crippen LogP contribution is -2.51. The van der Waals surface area contributed by atoms with Crippen LogP contribution in [0.25, 0.3) is 0 Å². The van der Waals surface area contributed by atoms with Crippen molar-refractivity contribution in [3.05, 3.63) is 0 Å². The molecular formula is C11H22N2O2. The average Bonchev–Trinajstić information content (AvgIpc) is 2.28. The average molecular weight is 214 g/mol. The molecule has 2 N–H and O–H groups in total. The van der Waals surface area contributed by atoms with Crippen LogP contribution >= 0.6 is 0 Å². The monoisotopic (exact) mass is 214 g/mol. The second-order valence-corrected chi connectivity index (χ2v) is 4.67. The second-order valence-electron chi connectivity index (χ2n) is 4.67. The molecule has 0 aromatic rings. The summed E-state index contributed by atoms with van der Waals surface area (Å²) in [7, 11) is 5.68. The first-order valence-electron chi connectivity index (χ1n) is 5.55. The number of likely N-dealkylation sites (N-methyl/N-ethyl adjacent to an activating group) is 1. The van der Waals surface area contributed by atoms with Crippen LogP contribution < -0.4 is 5.32 Å². The molecule has 1 aliphatic rings. The molecule has 0 aromatic carbocycles. The molecule has 0 unspecified atom stereocenters. The molecule has 0 saturated heterocycles. The van der Waals surface area contributed by atoms with Crippen LogP contribution in [0.1, 0.15) is 25.7 Å². The predicted molar refractivity (Wildman–Crippen MR) is 59.5 cm³/mol. The zero-order valence-electron chi connectivity index (χ0n) is 9.92. The molecule has 0 heterocycles. The van der Waals surface area contributed by atoms with E-state index in [1.165, 1.54) is 0 Å². The molecule has 1 rings (SSSR count). The molecule has 0 aliphatic heterocycles. The van der Waals surface area contributed by atoms with Gasteiger partial charge in [-0.15, -0.1) is 0 Å². The van der Waals surface area contributed by atoms with Gasteiger partial charge in [-0.2, -0.15) is 0 Å². The summed E-state index contributed by atoms with van der Waals surface area (Å²) in [5.41, 5.74) is -0.107. The van der Waals surface area contributed by atoms with E-state index in [1.807, 2.05) is 14.1 Å². The summed E-state index contributed by atoms with van der Waals surface area (Å²) in [4.78, 5) is 13.5. The van der Waals surface area contributed by atoms with E-state index in [9.17, 15) is 9.90 Å². The molecule has 0 spiro atoms. The third-order valence-corrected chi connectivity index (χ3v) is 3.78. The highest BCUT2D eigenvalue weighted by atomic mass is 16.3. The molecule has 0 atom stereocenters. The van der Waals surface area contributed by atoms with Gasteiger partial charge in [-0.25, -0.2) is 0 Å². The molecule has 4 heteroatoms. The summed E-state index contributed by atoms with van der Waals surface area (Å²) in [6.45, 7) is 0.181. The van der Waals surface area contributed by atoms with E-state index in [4.69, 9.17) is 0 Å². The van der Waals surface area contributed by atoms with Crippen molar-refractivity contribution >= 4 is 5.91 Å². The highest BCUT2D eigenvalue weighted by molar-refractivity contribution is 5.78. The van der Waals surface area contributed by atoms with Gasteiger partial charge in [-0.1, -0.05) is 0 Å². The van der Waals surface area contributed by atoms with Gasteiger partial charge in [0.25, 0.3) is 0 Å². The number of hydrogen-bond donors (Lipinski definition) is 2. The minimum atomic E-state index is -0.107. The Hall–Kier alpha value is -0.610. The Morgan fingerprint density at radius 1 is 1.47 bits per heavy atom. The molecule has 4 nitrogen and oxygen atoms in total. The van der Waals surface area contributed by atoms with Crippen LogP contribution in [0.5, 0.6) is 0 Å². The second kappa shape index (κ2) is 4.94. The van der Waals surface area contributed by atoms with Gasteiger partial charge >= 0.3 is 0 Å². The summed E-state index contributed by atoms with van der Waals surface area (Å²) in [5.74, 6) is 0.273. The standard InChI is InChI=1S/C11H22N2O2/c1-12-10(15)9-4-6-11(8-14,7-5-9)13(2)3/h9,14H,4-8H2,1-3H3,(H,12,15). The van der Waals surface area contributed by atoms with Crippen molar-refractivity contribution in [1.82, 2.24) is 10.2 Å². The molecule has 0 radical (unpaired) electrons. The van der Waals surface area contributed by atoms with Gasteiger partial charge in [0.15, 0.2) is 0 Å². The number of nitrogens with one attached hydrogen (secondary N) is 1. The fourth-order valence-corrected chi connectivity index (χ4v) is 2.37. The van der Waals surface area contributed by atoms with Gasteiger partial charge < -0.3 is 15.3 Å². The number of aliphatic hydroxyl groups is 1. The highest BCUT2D eigenvalue weighted by Crippen LogP contribution is 2.35. The van der Waals surface area contributed by atoms with E-state index in [1.54, 1.807) is 7.05 Å². The first-order chi connectivity index (χ1) is 7.05. The summed E-state index contributed by atoms with van der Waals surface area (Å²) >= 11 is 0. The van der Waals surface area contributed by atoms with Crippen molar-refractivity contribution in [2.45, 2.75) is 31.2 Å². The third kappa shape index (κ3) is 2.49. The molecule has 88 valence electrons. The maximum atomic E-state index is 11.4. The number of amides is 1. The number of carbonyl (C=O) groups excluding carboxylic acids is 1. The normalized spacial score (nSPS) is 31.7. The topological polar surface area (TPSA) is 52.6 Å². The van der Waals surface area contributed by atoms with Crippen LogP contribution in [-0.2, 0) is 4.79 Å². The van der Waals surface area contributed by atoms with Crippen molar-refractivity contribution in [2.75, 3.05) is 27.7 Å². The smallest absolute Gasteiger partial charge is 0.222 e. The minimum absolute atomic E-state index is 0.107. The van der Waals surface area contributed by atoms with Gasteiger partial charge in [0, 0.05) is 18.5 Å². The number of carbonyl (C=O) groups is 1. The van der Waals surface area contributed by atoms with Crippen molar-refractivity contribution in [2.24, 2.45) is 5.92 Å². The van der Waals surface area contributed by atoms with Gasteiger partial charge in [-0.05, 0) is 39.8 Å². The Morgan fingerprint density at radius 3 is 2.33 bits per heavy atom. The van der Waals surface area contributed by atoms with E-state index in [0.29, 0.717) is 0 Å². The summed E-state index contributed by atoms with van der Waals surface area (Å²) in [6, 6.07) is 0. The van der Waals surface area contributed by atoms with E-state index in [2.05, 4.69) is 10.2 Å². The fourth-order valence-electron chi connectivity index (χ4n) is 2.37. The van der Waals surface area contributed by atoms with Crippen molar-refractivity contribution in [1.29, 1.82) is 0 Å². The molecule has 1 amide bonds. The van der Waals surface area contributed by atoms with Crippen LogP contribution in [0.3, 0.4) is 0 Å². The van der Waals surface area contributed by atoms with E-state index >= 15 is 0 Å². The Labute approximate surface area is 91.6 Å². The quantitative estimate of drug-likeness (QED) is 0.706. The number of hydrogen-bond acceptors (Lipinski definition) is 3. The lowest BCUT2D eigenvalue weighted by atomic mass is 9.76. The first-order valence-corrected chi connectivity index (χ1v) is 5.55. The van der Waals surface area contributed by atoms with Crippen LogP contribution in [0.15, 0.2) is 0 Å². The van der Waals surface area contributed by atoms with E-state index < -0.39 is 0 Å². The fraction of sp³-hybridized carbons (Fsp3) is 0.909. The lowest BCUT2D eigenvalue weighted by molar-refractivity contribution is -0.126. The number of aliphatic hydroxyl groups excluding tert-OH is 1. The van der Waals surface area contributed by atoms with Crippen LogP contribution in [0.4, 0.5) is 0 Å². The van der Waals surface area contributed by atoms with Crippen molar-refractivity contribution < 1.29 is 9.90 Å². The largest absolute Gasteiger partial charge is 0.394 e.